The summed E-state index contributed by atoms with van der Waals surface area (Å²) in [4.78, 5) is 0. The molecule has 1 saturated carbocycles. The molecule has 0 aromatic heterocycles. The van der Waals surface area contributed by atoms with Crippen LogP contribution in [0.25, 0.3) is 0 Å². The number of alkyl halides is 10. The van der Waals surface area contributed by atoms with Crippen LogP contribution in [0.2, 0.25) is 0 Å². The normalized spacial score (nSPS) is 18.8. The summed E-state index contributed by atoms with van der Waals surface area (Å²) >= 11 is 0. The van der Waals surface area contributed by atoms with Gasteiger partial charge in [-0.2, -0.15) is 0 Å². The molecule has 0 unspecified atom stereocenters. The van der Waals surface area contributed by atoms with Gasteiger partial charge in [-0.3, -0.25) is 0 Å². The second-order valence-electron chi connectivity index (χ2n) is 7.22. The summed E-state index contributed by atoms with van der Waals surface area (Å²) < 4.78 is 156. The molecule has 1 aliphatic carbocycles. The molecule has 0 spiro atoms. The fourth-order valence-corrected chi connectivity index (χ4v) is 5.58. The maximum atomic E-state index is 14.3. The Morgan fingerprint density at radius 1 is 0.571 bits per heavy atom. The van der Waals surface area contributed by atoms with E-state index >= 15 is 0 Å². The molecular weight excluding hydrogens is 439 g/mol. The molecule has 170 valence electrons. The molecule has 0 atom stereocenters. The molecule has 28 heavy (non-hydrogen) atoms. The van der Waals surface area contributed by atoms with Gasteiger partial charge in [0.2, 0.25) is 0 Å². The van der Waals surface area contributed by atoms with E-state index in [-0.39, 0.29) is 6.42 Å². The van der Waals surface area contributed by atoms with Crippen molar-refractivity contribution in [3.63, 3.8) is 0 Å². The Hall–Kier alpha value is -0.410. The van der Waals surface area contributed by atoms with Gasteiger partial charge in [0.25, 0.3) is 0 Å². The summed E-state index contributed by atoms with van der Waals surface area (Å²) in [7, 11) is -9.98. The van der Waals surface area contributed by atoms with Gasteiger partial charge >= 0.3 is 153 Å². The van der Waals surface area contributed by atoms with Crippen molar-refractivity contribution < 1.29 is 52.3 Å². The van der Waals surface area contributed by atoms with Gasteiger partial charge < -0.3 is 0 Å². The van der Waals surface area contributed by atoms with Crippen molar-refractivity contribution in [3.05, 3.63) is 0 Å². The first-order valence-corrected chi connectivity index (χ1v) is 10.9. The molecule has 0 aliphatic heterocycles. The van der Waals surface area contributed by atoms with Crippen LogP contribution in [0.1, 0.15) is 57.8 Å². The molecule has 0 saturated heterocycles. The van der Waals surface area contributed by atoms with Gasteiger partial charge in [-0.25, -0.2) is 0 Å². The zero-order valence-electron chi connectivity index (χ0n) is 14.6. The molecule has 1 aliphatic rings. The molecular formula is C15H21F12P. The Labute approximate surface area is 154 Å². The van der Waals surface area contributed by atoms with Crippen molar-refractivity contribution >= 4 is 7.22 Å². The van der Waals surface area contributed by atoms with E-state index < -0.39 is 49.9 Å². The van der Waals surface area contributed by atoms with Crippen LogP contribution in [0.5, 0.6) is 0 Å². The average molecular weight is 460 g/mol. The summed E-state index contributed by atoms with van der Waals surface area (Å²) in [5.41, 5.74) is -14.9. The van der Waals surface area contributed by atoms with Crippen LogP contribution in [-0.2, 0) is 0 Å². The first-order chi connectivity index (χ1) is 12.4. The second kappa shape index (κ2) is 8.02. The predicted molar refractivity (Wildman–Crippen MR) is 81.1 cm³/mol. The van der Waals surface area contributed by atoms with Crippen molar-refractivity contribution in [2.24, 2.45) is 5.92 Å². The van der Waals surface area contributed by atoms with Crippen molar-refractivity contribution in [1.29, 1.82) is 0 Å². The maximum absolute atomic E-state index is 14.3. The fraction of sp³-hybridized carbons (Fsp3) is 1.00. The fourth-order valence-electron chi connectivity index (χ4n) is 2.89. The predicted octanol–water partition coefficient (Wildman–Crippen LogP) is 8.76. The van der Waals surface area contributed by atoms with E-state index in [9.17, 15) is 52.3 Å². The SMILES string of the molecule is FC(F)(F)C(F)(F)P(F)(F)(CCCCCCCCC1CC1)C(F)(F)C(F)(F)F. The molecule has 13 heteroatoms. The molecule has 0 amide bonds. The molecule has 1 rings (SSSR count). The Morgan fingerprint density at radius 3 is 1.29 bits per heavy atom. The monoisotopic (exact) mass is 460 g/mol. The van der Waals surface area contributed by atoms with Crippen LogP contribution < -0.4 is 0 Å². The third-order valence-electron chi connectivity index (χ3n) is 4.89. The molecule has 0 bridgehead atoms. The summed E-state index contributed by atoms with van der Waals surface area (Å²) in [6.45, 7) is 0. The third-order valence-corrected chi connectivity index (χ3v) is 8.71. The van der Waals surface area contributed by atoms with E-state index in [1.165, 1.54) is 0 Å². The van der Waals surface area contributed by atoms with E-state index in [0.29, 0.717) is 18.8 Å². The van der Waals surface area contributed by atoms with E-state index in [1.54, 1.807) is 0 Å². The molecule has 1 fully saturated rings. The third kappa shape index (κ3) is 4.67. The Balaban J connectivity index is 2.84. The van der Waals surface area contributed by atoms with Gasteiger partial charge in [0.15, 0.2) is 0 Å². The van der Waals surface area contributed by atoms with Gasteiger partial charge in [-0.15, -0.1) is 0 Å². The quantitative estimate of drug-likeness (QED) is 0.164. The van der Waals surface area contributed by atoms with Crippen LogP contribution in [0.15, 0.2) is 0 Å². The van der Waals surface area contributed by atoms with E-state index in [2.05, 4.69) is 0 Å². The van der Waals surface area contributed by atoms with E-state index in [4.69, 9.17) is 0 Å². The molecule has 0 nitrogen and oxygen atoms in total. The van der Waals surface area contributed by atoms with Crippen molar-refractivity contribution in [2.45, 2.75) is 81.5 Å². The van der Waals surface area contributed by atoms with E-state index in [1.807, 2.05) is 0 Å². The Bertz CT molecular complexity index is 488. The van der Waals surface area contributed by atoms with Gasteiger partial charge in [0.1, 0.15) is 0 Å². The standard InChI is InChI=1S/C15H21F12P/c16-12(17,18)14(22,23)28(26,27,15(24,25)13(19,20)21)10-6-4-2-1-3-5-7-11-8-9-11/h11H,1-10H2. The van der Waals surface area contributed by atoms with Crippen LogP contribution in [0.4, 0.5) is 52.3 Å². The number of hydrogen-bond acceptors (Lipinski definition) is 0. The van der Waals surface area contributed by atoms with Crippen LogP contribution >= 0.6 is 7.22 Å². The average Bonchev–Trinajstić information content (AvgIpc) is 3.31. The van der Waals surface area contributed by atoms with Crippen molar-refractivity contribution in [2.75, 3.05) is 6.16 Å². The van der Waals surface area contributed by atoms with Crippen molar-refractivity contribution in [1.82, 2.24) is 0 Å². The van der Waals surface area contributed by atoms with Crippen LogP contribution in [0.3, 0.4) is 0 Å². The number of hydrogen-bond donors (Lipinski definition) is 0. The zero-order chi connectivity index (χ0) is 22.1. The molecule has 0 aromatic rings. The molecule has 0 radical (unpaired) electrons. The summed E-state index contributed by atoms with van der Waals surface area (Å²) in [5.74, 6) is 0.637. The topological polar surface area (TPSA) is 0 Å². The molecule has 0 N–H and O–H groups in total. The second-order valence-corrected chi connectivity index (χ2v) is 10.9. The molecule has 0 heterocycles. The van der Waals surface area contributed by atoms with Crippen LogP contribution in [-0.4, -0.2) is 29.8 Å². The number of rotatable bonds is 11. The summed E-state index contributed by atoms with van der Waals surface area (Å²) in [5, 5.41) is 0. The number of unbranched alkanes of at least 4 members (excludes halogenated alkanes) is 5. The van der Waals surface area contributed by atoms with Gasteiger partial charge in [0, 0.05) is 0 Å². The molecule has 0 aromatic carbocycles. The Kier molecular flexibility index (Phi) is 7.34. The summed E-state index contributed by atoms with van der Waals surface area (Å²) in [6.07, 6.45) is -14.0. The van der Waals surface area contributed by atoms with Gasteiger partial charge in [-0.05, 0) is 0 Å². The Morgan fingerprint density at radius 2 is 0.929 bits per heavy atom. The zero-order valence-corrected chi connectivity index (χ0v) is 15.5. The first-order valence-electron chi connectivity index (χ1n) is 8.72. The van der Waals surface area contributed by atoms with Crippen molar-refractivity contribution in [3.8, 4) is 0 Å². The van der Waals surface area contributed by atoms with Crippen LogP contribution in [0, 0.1) is 5.92 Å². The minimum absolute atomic E-state index is 0.0618. The first kappa shape index (κ1) is 25.6. The summed E-state index contributed by atoms with van der Waals surface area (Å²) in [6, 6.07) is 0. The minimum atomic E-state index is -9.98. The number of halogens is 12. The van der Waals surface area contributed by atoms with Gasteiger partial charge in [0.05, 0.1) is 0 Å². The van der Waals surface area contributed by atoms with Gasteiger partial charge in [-0.1, -0.05) is 0 Å². The van der Waals surface area contributed by atoms with E-state index in [0.717, 1.165) is 25.7 Å².